The molecule has 2 saturated carbocycles. The first kappa shape index (κ1) is 14.9. The molecule has 0 radical (unpaired) electrons. The van der Waals surface area contributed by atoms with Gasteiger partial charge in [0.1, 0.15) is 0 Å². The summed E-state index contributed by atoms with van der Waals surface area (Å²) in [7, 11) is -1.67. The number of ether oxygens (including phenoxy) is 2. The molecule has 0 unspecified atom stereocenters. The van der Waals surface area contributed by atoms with Crippen LogP contribution in [0.25, 0.3) is 0 Å². The van der Waals surface area contributed by atoms with Gasteiger partial charge in [0.2, 0.25) is 5.79 Å². The molecule has 1 spiro atoms. The lowest BCUT2D eigenvalue weighted by Crippen LogP contribution is -2.51. The summed E-state index contributed by atoms with van der Waals surface area (Å²) >= 11 is 0. The maximum absolute atomic E-state index is 11.8. The molecule has 122 valence electrons. The summed E-state index contributed by atoms with van der Waals surface area (Å²) in [6.45, 7) is 7.51. The molecule has 1 saturated heterocycles. The fourth-order valence-electron chi connectivity index (χ4n) is 5.36. The summed E-state index contributed by atoms with van der Waals surface area (Å²) in [6, 6.07) is 3.48. The molecule has 5 heteroatoms. The Morgan fingerprint density at radius 2 is 2.05 bits per heavy atom. The molecule has 0 aromatic carbocycles. The van der Waals surface area contributed by atoms with Crippen molar-refractivity contribution < 1.29 is 18.7 Å². The molecule has 0 N–H and O–H groups in total. The molecule has 5 atom stereocenters. The number of fused-ring (bicyclic) bond motifs is 2. The lowest BCUT2D eigenvalue weighted by Gasteiger charge is -2.43. The number of hydrogen-bond acceptors (Lipinski definition) is 4. The van der Waals surface area contributed by atoms with Crippen LogP contribution in [0.15, 0.2) is 11.6 Å². The average Bonchev–Trinajstić information content (AvgIpc) is 3.10. The minimum atomic E-state index is -1.67. The third-order valence-corrected chi connectivity index (χ3v) is 11.3. The largest absolute Gasteiger partial charge is 0.425 e. The topological polar surface area (TPSA) is 44.8 Å². The van der Waals surface area contributed by atoms with Gasteiger partial charge in [0.25, 0.3) is 0 Å². The van der Waals surface area contributed by atoms with Gasteiger partial charge in [-0.05, 0) is 36.9 Å². The first-order valence-corrected chi connectivity index (χ1v) is 11.4. The molecule has 2 bridgehead atoms. The summed E-state index contributed by atoms with van der Waals surface area (Å²) in [6.07, 6.45) is 4.11. The Kier molecular flexibility index (Phi) is 3.33. The van der Waals surface area contributed by atoms with Gasteiger partial charge < -0.3 is 13.9 Å². The van der Waals surface area contributed by atoms with Gasteiger partial charge in [-0.3, -0.25) is 0 Å². The standard InChI is InChI=1S/C17H26O4Si/c1-4-22(5-2,6-3)21-16-12-9-11-7-8-19-17(15(11)16)13(12)10-14(18)20-17/h10-12,15-16H,4-9H2,1-3H3/t11-,12-,15-,16-,17-/m1/s1. The van der Waals surface area contributed by atoms with Crippen molar-refractivity contribution in [3.8, 4) is 0 Å². The zero-order valence-corrected chi connectivity index (χ0v) is 14.8. The van der Waals surface area contributed by atoms with E-state index in [0.717, 1.165) is 36.5 Å². The number of rotatable bonds is 5. The highest BCUT2D eigenvalue weighted by molar-refractivity contribution is 6.73. The van der Waals surface area contributed by atoms with E-state index < -0.39 is 14.1 Å². The van der Waals surface area contributed by atoms with Gasteiger partial charge in [-0.2, -0.15) is 0 Å². The van der Waals surface area contributed by atoms with Crippen LogP contribution in [0.4, 0.5) is 0 Å². The van der Waals surface area contributed by atoms with Crippen LogP contribution in [0.3, 0.4) is 0 Å². The summed E-state index contributed by atoms with van der Waals surface area (Å²) < 4.78 is 18.6. The maximum Gasteiger partial charge on any atom is 0.333 e. The van der Waals surface area contributed by atoms with Gasteiger partial charge in [0.05, 0.1) is 18.6 Å². The van der Waals surface area contributed by atoms with E-state index in [1.54, 1.807) is 6.08 Å². The highest BCUT2D eigenvalue weighted by Gasteiger charge is 2.72. The Morgan fingerprint density at radius 3 is 2.73 bits per heavy atom. The first-order chi connectivity index (χ1) is 10.6. The fraction of sp³-hybridized carbons (Fsp3) is 0.824. The molecule has 0 amide bonds. The summed E-state index contributed by atoms with van der Waals surface area (Å²) in [5.74, 6) is 0.155. The fourth-order valence-corrected chi connectivity index (χ4v) is 8.25. The van der Waals surface area contributed by atoms with Gasteiger partial charge >= 0.3 is 5.97 Å². The van der Waals surface area contributed by atoms with Crippen LogP contribution in [-0.2, 0) is 18.7 Å². The minimum Gasteiger partial charge on any atom is -0.425 e. The molecule has 4 aliphatic rings. The molecule has 3 fully saturated rings. The Balaban J connectivity index is 1.69. The van der Waals surface area contributed by atoms with E-state index in [2.05, 4.69) is 20.8 Å². The Hall–Kier alpha value is -0.653. The van der Waals surface area contributed by atoms with E-state index in [4.69, 9.17) is 13.9 Å². The Bertz CT molecular complexity index is 518. The van der Waals surface area contributed by atoms with Crippen LogP contribution in [0.1, 0.15) is 33.6 Å². The molecule has 0 aromatic rings. The quantitative estimate of drug-likeness (QED) is 0.576. The number of carbonyl (C=O) groups excluding carboxylic acids is 1. The van der Waals surface area contributed by atoms with Gasteiger partial charge in [-0.15, -0.1) is 0 Å². The lowest BCUT2D eigenvalue weighted by atomic mass is 9.78. The third-order valence-electron chi connectivity index (χ3n) is 6.71. The number of carbonyl (C=O) groups is 1. The molecule has 2 aliphatic heterocycles. The lowest BCUT2D eigenvalue weighted by molar-refractivity contribution is -0.252. The van der Waals surface area contributed by atoms with Crippen molar-refractivity contribution in [3.63, 3.8) is 0 Å². The van der Waals surface area contributed by atoms with Crippen LogP contribution in [0, 0.1) is 17.8 Å². The molecule has 2 aliphatic carbocycles. The predicted octanol–water partition coefficient (Wildman–Crippen LogP) is 3.24. The van der Waals surface area contributed by atoms with E-state index >= 15 is 0 Å². The van der Waals surface area contributed by atoms with Crippen LogP contribution >= 0.6 is 0 Å². The molecule has 22 heavy (non-hydrogen) atoms. The monoisotopic (exact) mass is 322 g/mol. The van der Waals surface area contributed by atoms with E-state index in [1.165, 1.54) is 0 Å². The molecular weight excluding hydrogens is 296 g/mol. The third kappa shape index (κ3) is 1.73. The van der Waals surface area contributed by atoms with Crippen molar-refractivity contribution in [1.29, 1.82) is 0 Å². The Morgan fingerprint density at radius 1 is 1.32 bits per heavy atom. The van der Waals surface area contributed by atoms with Crippen LogP contribution in [-0.4, -0.2) is 32.8 Å². The summed E-state index contributed by atoms with van der Waals surface area (Å²) in [4.78, 5) is 11.8. The van der Waals surface area contributed by atoms with Crippen LogP contribution in [0.5, 0.6) is 0 Å². The molecular formula is C17H26O4Si. The van der Waals surface area contributed by atoms with Crippen LogP contribution < -0.4 is 0 Å². The Labute approximate surface area is 133 Å². The van der Waals surface area contributed by atoms with Gasteiger partial charge in [-0.25, -0.2) is 4.79 Å². The minimum absolute atomic E-state index is 0.205. The smallest absolute Gasteiger partial charge is 0.333 e. The SMILES string of the molecule is CC[Si](CC)(CC)O[C@H]1[C@H]2[C@@H]3CCO[C@]24OC(=O)C=C4[C@H]1C3. The molecule has 4 rings (SSSR count). The van der Waals surface area contributed by atoms with Crippen molar-refractivity contribution in [3.05, 3.63) is 11.6 Å². The van der Waals surface area contributed by atoms with E-state index in [9.17, 15) is 4.79 Å². The van der Waals surface area contributed by atoms with E-state index in [0.29, 0.717) is 18.4 Å². The van der Waals surface area contributed by atoms with Crippen molar-refractivity contribution >= 4 is 14.3 Å². The average molecular weight is 322 g/mol. The van der Waals surface area contributed by atoms with Gasteiger partial charge in [0.15, 0.2) is 8.32 Å². The van der Waals surface area contributed by atoms with E-state index in [-0.39, 0.29) is 18.0 Å². The second kappa shape index (κ2) is 4.92. The zero-order chi connectivity index (χ0) is 15.5. The van der Waals surface area contributed by atoms with Crippen molar-refractivity contribution in [2.75, 3.05) is 6.61 Å². The normalized spacial score (nSPS) is 42.3. The second-order valence-electron chi connectivity index (χ2n) is 7.28. The second-order valence-corrected chi connectivity index (χ2v) is 12.0. The van der Waals surface area contributed by atoms with Gasteiger partial charge in [0, 0.05) is 17.6 Å². The van der Waals surface area contributed by atoms with Crippen molar-refractivity contribution in [2.45, 2.75) is 63.6 Å². The zero-order valence-electron chi connectivity index (χ0n) is 13.8. The number of esters is 1. The molecule has 4 nitrogen and oxygen atoms in total. The van der Waals surface area contributed by atoms with Crippen molar-refractivity contribution in [1.82, 2.24) is 0 Å². The highest BCUT2D eigenvalue weighted by Crippen LogP contribution is 2.65. The summed E-state index contributed by atoms with van der Waals surface area (Å²) in [5, 5.41) is 0. The molecule has 2 heterocycles. The number of hydrogen-bond donors (Lipinski definition) is 0. The van der Waals surface area contributed by atoms with Crippen molar-refractivity contribution in [2.24, 2.45) is 17.8 Å². The van der Waals surface area contributed by atoms with Crippen LogP contribution in [0.2, 0.25) is 18.1 Å². The van der Waals surface area contributed by atoms with E-state index in [1.807, 2.05) is 0 Å². The predicted molar refractivity (Wildman–Crippen MR) is 84.6 cm³/mol. The van der Waals surface area contributed by atoms with Gasteiger partial charge in [-0.1, -0.05) is 20.8 Å². The summed E-state index contributed by atoms with van der Waals surface area (Å²) in [5.41, 5.74) is 1.08. The first-order valence-electron chi connectivity index (χ1n) is 8.86. The molecule has 0 aromatic heterocycles. The maximum atomic E-state index is 11.8. The highest BCUT2D eigenvalue weighted by atomic mass is 28.4.